The fourth-order valence-corrected chi connectivity index (χ4v) is 5.42. The molecular formula is C19H30N4O2S. The van der Waals surface area contributed by atoms with Crippen LogP contribution in [0, 0.1) is 5.41 Å². The summed E-state index contributed by atoms with van der Waals surface area (Å²) < 4.78 is 5.39. The molecular weight excluding hydrogens is 348 g/mol. The van der Waals surface area contributed by atoms with Gasteiger partial charge < -0.3 is 9.42 Å². The molecule has 1 aromatic rings. The summed E-state index contributed by atoms with van der Waals surface area (Å²) in [6, 6.07) is 0.493. The number of nitrogens with zero attached hydrogens (tertiary/aromatic N) is 4. The highest BCUT2D eigenvalue weighted by Gasteiger charge is 2.49. The van der Waals surface area contributed by atoms with Gasteiger partial charge in [-0.1, -0.05) is 24.4 Å². The third-order valence-electron chi connectivity index (χ3n) is 6.36. The summed E-state index contributed by atoms with van der Waals surface area (Å²) in [6.07, 6.45) is 11.5. The van der Waals surface area contributed by atoms with Crippen LogP contribution >= 0.6 is 11.8 Å². The first-order valence-corrected chi connectivity index (χ1v) is 11.4. The molecule has 3 fully saturated rings. The zero-order chi connectivity index (χ0) is 18.0. The molecule has 1 atom stereocenters. The van der Waals surface area contributed by atoms with Crippen molar-refractivity contribution < 1.29 is 9.32 Å². The van der Waals surface area contributed by atoms with Crippen molar-refractivity contribution in [2.75, 3.05) is 25.9 Å². The van der Waals surface area contributed by atoms with E-state index < -0.39 is 0 Å². The molecule has 26 heavy (non-hydrogen) atoms. The summed E-state index contributed by atoms with van der Waals surface area (Å²) in [6.45, 7) is 3.42. The van der Waals surface area contributed by atoms with Crippen LogP contribution in [0.5, 0.6) is 0 Å². The molecule has 1 amide bonds. The zero-order valence-electron chi connectivity index (χ0n) is 15.8. The summed E-state index contributed by atoms with van der Waals surface area (Å²) in [5.41, 5.74) is -0.169. The Kier molecular flexibility index (Phi) is 5.55. The van der Waals surface area contributed by atoms with Gasteiger partial charge in [-0.3, -0.25) is 9.69 Å². The molecule has 0 radical (unpaired) electrons. The standard InChI is InChI=1S/C19H30N4O2S/c1-26-13-16-20-17(25-21-16)12-22-11-9-19(14-22)8-5-10-23(18(19)24)15-6-3-2-4-7-15/h15H,2-14H2,1H3/t19-/m0/s1. The minimum atomic E-state index is -0.169. The van der Waals surface area contributed by atoms with Gasteiger partial charge in [-0.25, -0.2) is 0 Å². The lowest BCUT2D eigenvalue weighted by Crippen LogP contribution is -2.54. The number of rotatable bonds is 5. The van der Waals surface area contributed by atoms with Gasteiger partial charge in [0.25, 0.3) is 0 Å². The maximum atomic E-state index is 13.4. The highest BCUT2D eigenvalue weighted by Crippen LogP contribution is 2.42. The number of amides is 1. The third-order valence-corrected chi connectivity index (χ3v) is 6.91. The molecule has 0 N–H and O–H groups in total. The largest absolute Gasteiger partial charge is 0.339 e. The smallest absolute Gasteiger partial charge is 0.240 e. The third kappa shape index (κ3) is 3.65. The van der Waals surface area contributed by atoms with Gasteiger partial charge in [0.05, 0.1) is 17.7 Å². The average Bonchev–Trinajstić information content (AvgIpc) is 3.27. The van der Waals surface area contributed by atoms with Crippen molar-refractivity contribution in [1.82, 2.24) is 19.9 Å². The number of hydrogen-bond donors (Lipinski definition) is 0. The average molecular weight is 379 g/mol. The van der Waals surface area contributed by atoms with Gasteiger partial charge in [-0.05, 0) is 44.9 Å². The molecule has 3 heterocycles. The highest BCUT2D eigenvalue weighted by atomic mass is 32.2. The van der Waals surface area contributed by atoms with E-state index in [1.165, 1.54) is 32.1 Å². The fraction of sp³-hybridized carbons (Fsp3) is 0.842. The normalized spacial score (nSPS) is 28.3. The molecule has 0 unspecified atom stereocenters. The first-order chi connectivity index (χ1) is 12.7. The van der Waals surface area contributed by atoms with Gasteiger partial charge in [0.2, 0.25) is 11.8 Å². The molecule has 1 aromatic heterocycles. The van der Waals surface area contributed by atoms with Crippen LogP contribution in [-0.4, -0.2) is 57.8 Å². The molecule has 2 aliphatic heterocycles. The van der Waals surface area contributed by atoms with Gasteiger partial charge in [0.1, 0.15) is 0 Å². The van der Waals surface area contributed by atoms with Crippen molar-refractivity contribution in [3.05, 3.63) is 11.7 Å². The number of likely N-dealkylation sites (tertiary alicyclic amines) is 2. The van der Waals surface area contributed by atoms with E-state index in [-0.39, 0.29) is 5.41 Å². The first-order valence-electron chi connectivity index (χ1n) is 10.0. The second kappa shape index (κ2) is 7.89. The van der Waals surface area contributed by atoms with Crippen molar-refractivity contribution >= 4 is 17.7 Å². The summed E-state index contributed by atoms with van der Waals surface area (Å²) in [4.78, 5) is 22.4. The molecule has 7 heteroatoms. The summed E-state index contributed by atoms with van der Waals surface area (Å²) >= 11 is 1.69. The van der Waals surface area contributed by atoms with E-state index in [2.05, 4.69) is 19.9 Å². The van der Waals surface area contributed by atoms with Crippen LogP contribution < -0.4 is 0 Å². The molecule has 4 rings (SSSR count). The topological polar surface area (TPSA) is 62.5 Å². The Morgan fingerprint density at radius 1 is 1.19 bits per heavy atom. The first kappa shape index (κ1) is 18.3. The van der Waals surface area contributed by atoms with Crippen LogP contribution in [0.2, 0.25) is 0 Å². The van der Waals surface area contributed by atoms with Crippen molar-refractivity contribution in [2.45, 2.75) is 69.7 Å². The van der Waals surface area contributed by atoms with Gasteiger partial charge in [-0.15, -0.1) is 0 Å². The lowest BCUT2D eigenvalue weighted by molar-refractivity contribution is -0.149. The van der Waals surface area contributed by atoms with E-state index in [4.69, 9.17) is 4.52 Å². The Bertz CT molecular complexity index is 631. The Morgan fingerprint density at radius 2 is 2.04 bits per heavy atom. The second-order valence-electron chi connectivity index (χ2n) is 8.17. The van der Waals surface area contributed by atoms with Gasteiger partial charge in [-0.2, -0.15) is 16.7 Å². The molecule has 1 aliphatic carbocycles. The maximum absolute atomic E-state index is 13.4. The van der Waals surface area contributed by atoms with Crippen LogP contribution in [0.15, 0.2) is 4.52 Å². The minimum absolute atomic E-state index is 0.169. The lowest BCUT2D eigenvalue weighted by Gasteiger charge is -2.44. The summed E-state index contributed by atoms with van der Waals surface area (Å²) in [5, 5.41) is 4.03. The van der Waals surface area contributed by atoms with Crippen LogP contribution in [0.3, 0.4) is 0 Å². The Hall–Kier alpha value is -1.08. The maximum Gasteiger partial charge on any atom is 0.240 e. The van der Waals surface area contributed by atoms with E-state index in [0.717, 1.165) is 50.5 Å². The Labute approximate surface area is 160 Å². The molecule has 6 nitrogen and oxygen atoms in total. The van der Waals surface area contributed by atoms with Crippen LogP contribution in [0.4, 0.5) is 0 Å². The zero-order valence-corrected chi connectivity index (χ0v) is 16.6. The Balaban J connectivity index is 1.39. The van der Waals surface area contributed by atoms with Crippen molar-refractivity contribution in [1.29, 1.82) is 0 Å². The number of carbonyl (C=O) groups is 1. The number of aromatic nitrogens is 2. The van der Waals surface area contributed by atoms with Crippen LogP contribution in [-0.2, 0) is 17.1 Å². The lowest BCUT2D eigenvalue weighted by atomic mass is 9.77. The van der Waals surface area contributed by atoms with E-state index in [0.29, 0.717) is 24.4 Å². The number of hydrogen-bond acceptors (Lipinski definition) is 6. The van der Waals surface area contributed by atoms with Gasteiger partial charge in [0.15, 0.2) is 5.82 Å². The predicted octanol–water partition coefficient (Wildman–Crippen LogP) is 3.08. The molecule has 0 bridgehead atoms. The molecule has 144 valence electrons. The van der Waals surface area contributed by atoms with E-state index in [9.17, 15) is 4.79 Å². The van der Waals surface area contributed by atoms with Gasteiger partial charge in [0, 0.05) is 19.1 Å². The minimum Gasteiger partial charge on any atom is -0.339 e. The van der Waals surface area contributed by atoms with Crippen LogP contribution in [0.25, 0.3) is 0 Å². The second-order valence-corrected chi connectivity index (χ2v) is 9.04. The van der Waals surface area contributed by atoms with E-state index in [1.807, 2.05) is 6.26 Å². The quantitative estimate of drug-likeness (QED) is 0.785. The highest BCUT2D eigenvalue weighted by molar-refractivity contribution is 7.97. The van der Waals surface area contributed by atoms with E-state index in [1.54, 1.807) is 11.8 Å². The fourth-order valence-electron chi connectivity index (χ4n) is 5.05. The SMILES string of the molecule is CSCc1noc(CN2CC[C@@]3(CCCN(C4CCCCC4)C3=O)C2)n1. The molecule has 1 saturated carbocycles. The van der Waals surface area contributed by atoms with Crippen molar-refractivity contribution in [3.63, 3.8) is 0 Å². The predicted molar refractivity (Wildman–Crippen MR) is 102 cm³/mol. The molecule has 0 aromatic carbocycles. The molecule has 2 saturated heterocycles. The summed E-state index contributed by atoms with van der Waals surface area (Å²) in [5.74, 6) is 2.64. The number of thioether (sulfide) groups is 1. The number of piperidine rings is 1. The monoisotopic (exact) mass is 378 g/mol. The van der Waals surface area contributed by atoms with Crippen LogP contribution in [0.1, 0.15) is 63.1 Å². The van der Waals surface area contributed by atoms with Crippen molar-refractivity contribution in [2.24, 2.45) is 5.41 Å². The Morgan fingerprint density at radius 3 is 2.85 bits per heavy atom. The van der Waals surface area contributed by atoms with E-state index >= 15 is 0 Å². The molecule has 3 aliphatic rings. The number of carbonyl (C=O) groups excluding carboxylic acids is 1. The molecule has 1 spiro atoms. The van der Waals surface area contributed by atoms with Crippen molar-refractivity contribution in [3.8, 4) is 0 Å². The van der Waals surface area contributed by atoms with Gasteiger partial charge >= 0.3 is 0 Å². The summed E-state index contributed by atoms with van der Waals surface area (Å²) in [7, 11) is 0.